The van der Waals surface area contributed by atoms with Gasteiger partial charge in [0.25, 0.3) is 0 Å². The highest BCUT2D eigenvalue weighted by Crippen LogP contribution is 2.29. The quantitative estimate of drug-likeness (QED) is 0.671. The van der Waals surface area contributed by atoms with Crippen molar-refractivity contribution in [1.29, 1.82) is 0 Å². The Labute approximate surface area is 120 Å². The van der Waals surface area contributed by atoms with E-state index in [-0.39, 0.29) is 0 Å². The SMILES string of the molecule is CSc1ccccc1OCc1c(N)cccc1Br. The van der Waals surface area contributed by atoms with Crippen molar-refractivity contribution in [2.24, 2.45) is 0 Å². The third-order valence-corrected chi connectivity index (χ3v) is 4.12. The summed E-state index contributed by atoms with van der Waals surface area (Å²) in [5.74, 6) is 0.889. The molecule has 0 fully saturated rings. The predicted molar refractivity (Wildman–Crippen MR) is 81.1 cm³/mol. The zero-order valence-corrected chi connectivity index (χ0v) is 12.4. The first-order valence-corrected chi connectivity index (χ1v) is 7.53. The molecule has 0 unspecified atom stereocenters. The Morgan fingerprint density at radius 2 is 1.94 bits per heavy atom. The van der Waals surface area contributed by atoms with Crippen LogP contribution in [0.3, 0.4) is 0 Å². The maximum Gasteiger partial charge on any atom is 0.133 e. The van der Waals surface area contributed by atoms with Gasteiger partial charge in [-0.1, -0.05) is 34.1 Å². The number of thioether (sulfide) groups is 1. The first-order valence-electron chi connectivity index (χ1n) is 5.51. The van der Waals surface area contributed by atoms with Crippen molar-refractivity contribution in [2.45, 2.75) is 11.5 Å². The molecule has 0 aromatic heterocycles. The molecule has 0 aliphatic rings. The number of para-hydroxylation sites is 1. The van der Waals surface area contributed by atoms with Crippen molar-refractivity contribution >= 4 is 33.4 Å². The molecule has 2 aromatic rings. The van der Waals surface area contributed by atoms with Crippen molar-refractivity contribution < 1.29 is 4.74 Å². The Kier molecular flexibility index (Phi) is 4.55. The Morgan fingerprint density at radius 1 is 1.17 bits per heavy atom. The predicted octanol–water partition coefficient (Wildman–Crippen LogP) is 4.33. The Hall–Kier alpha value is -1.13. The largest absolute Gasteiger partial charge is 0.488 e. The maximum absolute atomic E-state index is 5.94. The topological polar surface area (TPSA) is 35.2 Å². The molecule has 0 spiro atoms. The number of benzene rings is 2. The van der Waals surface area contributed by atoms with Gasteiger partial charge in [-0.3, -0.25) is 0 Å². The number of nitrogens with two attached hydrogens (primary N) is 1. The van der Waals surface area contributed by atoms with Crippen LogP contribution in [-0.4, -0.2) is 6.26 Å². The van der Waals surface area contributed by atoms with Gasteiger partial charge < -0.3 is 10.5 Å². The van der Waals surface area contributed by atoms with Gasteiger partial charge >= 0.3 is 0 Å². The lowest BCUT2D eigenvalue weighted by Crippen LogP contribution is -2.01. The molecule has 0 amide bonds. The van der Waals surface area contributed by atoms with E-state index >= 15 is 0 Å². The van der Waals surface area contributed by atoms with E-state index in [9.17, 15) is 0 Å². The van der Waals surface area contributed by atoms with Crippen LogP contribution in [0, 0.1) is 0 Å². The summed E-state index contributed by atoms with van der Waals surface area (Å²) in [6, 6.07) is 13.8. The Morgan fingerprint density at radius 3 is 2.67 bits per heavy atom. The lowest BCUT2D eigenvalue weighted by Gasteiger charge is -2.12. The van der Waals surface area contributed by atoms with Gasteiger partial charge in [0.05, 0.1) is 0 Å². The van der Waals surface area contributed by atoms with Gasteiger partial charge in [-0.15, -0.1) is 11.8 Å². The summed E-state index contributed by atoms with van der Waals surface area (Å²) in [6.45, 7) is 0.463. The summed E-state index contributed by atoms with van der Waals surface area (Å²) < 4.78 is 6.82. The minimum atomic E-state index is 0.463. The normalized spacial score (nSPS) is 10.3. The van der Waals surface area contributed by atoms with E-state index in [1.165, 1.54) is 0 Å². The third-order valence-electron chi connectivity index (χ3n) is 2.60. The molecule has 0 saturated carbocycles. The van der Waals surface area contributed by atoms with Crippen molar-refractivity contribution in [1.82, 2.24) is 0 Å². The molecule has 18 heavy (non-hydrogen) atoms. The molecule has 2 N–H and O–H groups in total. The molecule has 0 heterocycles. The van der Waals surface area contributed by atoms with E-state index in [2.05, 4.69) is 15.9 Å². The molecule has 0 aliphatic heterocycles. The molecule has 0 aliphatic carbocycles. The van der Waals surface area contributed by atoms with E-state index in [0.29, 0.717) is 6.61 Å². The molecule has 0 bridgehead atoms. The molecule has 2 rings (SSSR count). The zero-order valence-electron chi connectivity index (χ0n) is 10.0. The number of halogens is 1. The number of anilines is 1. The second-order valence-corrected chi connectivity index (χ2v) is 5.45. The summed E-state index contributed by atoms with van der Waals surface area (Å²) in [6.07, 6.45) is 2.04. The molecule has 0 atom stereocenters. The molecular weight excluding hydrogens is 310 g/mol. The van der Waals surface area contributed by atoms with Crippen LogP contribution in [-0.2, 0) is 6.61 Å². The summed E-state index contributed by atoms with van der Waals surface area (Å²) in [5.41, 5.74) is 7.66. The van der Waals surface area contributed by atoms with Gasteiger partial charge in [-0.25, -0.2) is 0 Å². The van der Waals surface area contributed by atoms with E-state index in [1.807, 2.05) is 48.7 Å². The van der Waals surface area contributed by atoms with Gasteiger partial charge in [0, 0.05) is 20.6 Å². The molecular formula is C14H14BrNOS. The van der Waals surface area contributed by atoms with Crippen LogP contribution in [0.5, 0.6) is 5.75 Å². The highest BCUT2D eigenvalue weighted by molar-refractivity contribution is 9.10. The van der Waals surface area contributed by atoms with Crippen LogP contribution in [0.4, 0.5) is 5.69 Å². The molecule has 0 saturated heterocycles. The number of nitrogen functional groups attached to an aromatic ring is 1. The maximum atomic E-state index is 5.94. The van der Waals surface area contributed by atoms with E-state index in [0.717, 1.165) is 26.4 Å². The van der Waals surface area contributed by atoms with Crippen LogP contribution < -0.4 is 10.5 Å². The van der Waals surface area contributed by atoms with E-state index < -0.39 is 0 Å². The average Bonchev–Trinajstić information content (AvgIpc) is 2.38. The number of ether oxygens (including phenoxy) is 1. The fourth-order valence-corrected chi connectivity index (χ4v) is 2.65. The van der Waals surface area contributed by atoms with E-state index in [4.69, 9.17) is 10.5 Å². The first kappa shape index (κ1) is 13.3. The minimum Gasteiger partial charge on any atom is -0.488 e. The highest BCUT2D eigenvalue weighted by atomic mass is 79.9. The van der Waals surface area contributed by atoms with Crippen molar-refractivity contribution in [3.8, 4) is 5.75 Å². The summed E-state index contributed by atoms with van der Waals surface area (Å²) in [5, 5.41) is 0. The molecule has 0 radical (unpaired) electrons. The molecule has 2 aromatic carbocycles. The van der Waals surface area contributed by atoms with Crippen LogP contribution in [0.2, 0.25) is 0 Å². The summed E-state index contributed by atoms with van der Waals surface area (Å²) in [4.78, 5) is 1.13. The van der Waals surface area contributed by atoms with Gasteiger partial charge in [-0.2, -0.15) is 0 Å². The zero-order chi connectivity index (χ0) is 13.0. The number of rotatable bonds is 4. The second kappa shape index (κ2) is 6.16. The first-order chi connectivity index (χ1) is 8.72. The highest BCUT2D eigenvalue weighted by Gasteiger charge is 2.07. The Balaban J connectivity index is 2.16. The van der Waals surface area contributed by atoms with Crippen LogP contribution in [0.15, 0.2) is 51.8 Å². The van der Waals surface area contributed by atoms with E-state index in [1.54, 1.807) is 11.8 Å². The lowest BCUT2D eigenvalue weighted by atomic mass is 10.2. The smallest absolute Gasteiger partial charge is 0.133 e. The molecule has 2 nitrogen and oxygen atoms in total. The summed E-state index contributed by atoms with van der Waals surface area (Å²) >= 11 is 5.16. The van der Waals surface area contributed by atoms with Crippen LogP contribution >= 0.6 is 27.7 Å². The van der Waals surface area contributed by atoms with Gasteiger partial charge in [0.1, 0.15) is 12.4 Å². The molecule has 94 valence electrons. The third kappa shape index (κ3) is 3.00. The van der Waals surface area contributed by atoms with Gasteiger partial charge in [0.15, 0.2) is 0 Å². The van der Waals surface area contributed by atoms with Crippen molar-refractivity contribution in [3.63, 3.8) is 0 Å². The van der Waals surface area contributed by atoms with Gasteiger partial charge in [-0.05, 0) is 30.5 Å². The fourth-order valence-electron chi connectivity index (χ4n) is 1.62. The lowest BCUT2D eigenvalue weighted by molar-refractivity contribution is 0.299. The van der Waals surface area contributed by atoms with Crippen LogP contribution in [0.1, 0.15) is 5.56 Å². The van der Waals surface area contributed by atoms with Crippen molar-refractivity contribution in [3.05, 3.63) is 52.5 Å². The fraction of sp³-hybridized carbons (Fsp3) is 0.143. The van der Waals surface area contributed by atoms with Gasteiger partial charge in [0.2, 0.25) is 0 Å². The average molecular weight is 324 g/mol. The Bertz CT molecular complexity index is 525. The van der Waals surface area contributed by atoms with Crippen molar-refractivity contribution in [2.75, 3.05) is 12.0 Å². The minimum absolute atomic E-state index is 0.463. The monoisotopic (exact) mass is 323 g/mol. The second-order valence-electron chi connectivity index (χ2n) is 3.75. The van der Waals surface area contributed by atoms with Crippen LogP contribution in [0.25, 0.3) is 0 Å². The number of hydrogen-bond acceptors (Lipinski definition) is 3. The summed E-state index contributed by atoms with van der Waals surface area (Å²) in [7, 11) is 0. The standard InChI is InChI=1S/C14H14BrNOS/c1-18-14-8-3-2-7-13(14)17-9-10-11(15)5-4-6-12(10)16/h2-8H,9,16H2,1H3. The molecule has 4 heteroatoms. The number of hydrogen-bond donors (Lipinski definition) is 1.